The largest absolute Gasteiger partial charge is 0.208 e. The van der Waals surface area contributed by atoms with Gasteiger partial charge in [0.05, 0.1) is 0 Å². The van der Waals surface area contributed by atoms with Crippen LogP contribution in [0.25, 0.3) is 111 Å². The van der Waals surface area contributed by atoms with E-state index in [-0.39, 0.29) is 5.41 Å². The van der Waals surface area contributed by atoms with Crippen molar-refractivity contribution in [2.45, 2.75) is 19.3 Å². The summed E-state index contributed by atoms with van der Waals surface area (Å²) in [5.74, 6) is 1.92. The van der Waals surface area contributed by atoms with Gasteiger partial charge in [-0.15, -0.1) is 0 Å². The predicted octanol–water partition coefficient (Wildman–Crippen LogP) is 15.6. The van der Waals surface area contributed by atoms with Gasteiger partial charge in [0.1, 0.15) is 0 Å². The standard InChI is InChI=1S/C60H41N3/c1-60(2)54-26-12-11-23-49(54)50-33-32-44(37-55(50)60)46-24-14-25-51-47-21-9-10-22-48(47)53-36-43(31-34-52(53)56(46)51)42-19-13-20-45(35-42)59-62-57(40-17-7-4-8-18-40)61-58(63-59)41-29-27-39(28-30-41)38-15-5-3-6-16-38/h3-37H,1-2H3. The molecule has 1 aromatic heterocycles. The molecule has 0 amide bonds. The highest BCUT2D eigenvalue weighted by atomic mass is 15.0. The van der Waals surface area contributed by atoms with Crippen LogP contribution in [0.15, 0.2) is 212 Å². The van der Waals surface area contributed by atoms with Gasteiger partial charge < -0.3 is 0 Å². The van der Waals surface area contributed by atoms with Crippen molar-refractivity contribution in [2.24, 2.45) is 0 Å². The van der Waals surface area contributed by atoms with Gasteiger partial charge in [-0.05, 0) is 106 Å². The first kappa shape index (κ1) is 36.8. The first-order valence-corrected chi connectivity index (χ1v) is 21.7. The molecule has 3 nitrogen and oxygen atoms in total. The number of fused-ring (bicyclic) bond motifs is 9. The summed E-state index contributed by atoms with van der Waals surface area (Å²) < 4.78 is 0. The van der Waals surface area contributed by atoms with Crippen LogP contribution in [0.2, 0.25) is 0 Å². The van der Waals surface area contributed by atoms with Gasteiger partial charge in [-0.25, -0.2) is 15.0 Å². The molecule has 63 heavy (non-hydrogen) atoms. The van der Waals surface area contributed by atoms with Crippen LogP contribution < -0.4 is 0 Å². The lowest BCUT2D eigenvalue weighted by Crippen LogP contribution is -2.14. The quantitative estimate of drug-likeness (QED) is 0.157. The van der Waals surface area contributed by atoms with E-state index in [9.17, 15) is 0 Å². The van der Waals surface area contributed by atoms with Gasteiger partial charge in [0.2, 0.25) is 0 Å². The van der Waals surface area contributed by atoms with Crippen LogP contribution in [0.3, 0.4) is 0 Å². The molecule has 1 aliphatic carbocycles. The van der Waals surface area contributed by atoms with Gasteiger partial charge in [-0.3, -0.25) is 0 Å². The van der Waals surface area contributed by atoms with Crippen LogP contribution in [-0.2, 0) is 5.41 Å². The number of hydrogen-bond donors (Lipinski definition) is 0. The summed E-state index contributed by atoms with van der Waals surface area (Å²) in [5.41, 5.74) is 15.2. The van der Waals surface area contributed by atoms with E-state index in [1.807, 2.05) is 24.3 Å². The third kappa shape index (κ3) is 6.15. The fourth-order valence-electron chi connectivity index (χ4n) is 9.93. The summed E-state index contributed by atoms with van der Waals surface area (Å²) in [4.78, 5) is 15.2. The lowest BCUT2D eigenvalue weighted by molar-refractivity contribution is 0.660. The van der Waals surface area contributed by atoms with Crippen molar-refractivity contribution in [3.05, 3.63) is 223 Å². The minimum Gasteiger partial charge on any atom is -0.208 e. The highest BCUT2D eigenvalue weighted by Crippen LogP contribution is 2.50. The Balaban J connectivity index is 0.983. The van der Waals surface area contributed by atoms with Crippen molar-refractivity contribution in [3.8, 4) is 78.7 Å². The van der Waals surface area contributed by atoms with Crippen LogP contribution >= 0.6 is 0 Å². The van der Waals surface area contributed by atoms with Crippen molar-refractivity contribution >= 4 is 32.3 Å². The van der Waals surface area contributed by atoms with Gasteiger partial charge in [-0.1, -0.05) is 208 Å². The Morgan fingerprint density at radius 3 is 1.49 bits per heavy atom. The highest BCUT2D eigenvalue weighted by molar-refractivity contribution is 6.28. The average molecular weight is 804 g/mol. The fraction of sp³-hybridized carbons (Fsp3) is 0.0500. The molecule has 0 N–H and O–H groups in total. The molecule has 10 aromatic carbocycles. The fourth-order valence-corrected chi connectivity index (χ4v) is 9.93. The maximum absolute atomic E-state index is 5.12. The van der Waals surface area contributed by atoms with Crippen molar-refractivity contribution in [2.75, 3.05) is 0 Å². The summed E-state index contributed by atoms with van der Waals surface area (Å²) in [6.07, 6.45) is 0. The van der Waals surface area contributed by atoms with Gasteiger partial charge in [0.25, 0.3) is 0 Å². The van der Waals surface area contributed by atoms with E-state index >= 15 is 0 Å². The van der Waals surface area contributed by atoms with E-state index in [2.05, 4.69) is 202 Å². The molecule has 0 radical (unpaired) electrons. The summed E-state index contributed by atoms with van der Waals surface area (Å²) in [7, 11) is 0. The molecular weight excluding hydrogens is 763 g/mol. The molecule has 0 bridgehead atoms. The molecule has 0 unspecified atom stereocenters. The first-order valence-electron chi connectivity index (χ1n) is 21.7. The summed E-state index contributed by atoms with van der Waals surface area (Å²) in [6.45, 7) is 4.72. The zero-order chi connectivity index (χ0) is 42.1. The average Bonchev–Trinajstić information content (AvgIpc) is 3.59. The van der Waals surface area contributed by atoms with Crippen LogP contribution in [0.4, 0.5) is 0 Å². The molecule has 1 aliphatic rings. The van der Waals surface area contributed by atoms with Crippen molar-refractivity contribution in [1.82, 2.24) is 15.0 Å². The van der Waals surface area contributed by atoms with E-state index in [4.69, 9.17) is 15.0 Å². The maximum Gasteiger partial charge on any atom is 0.164 e. The van der Waals surface area contributed by atoms with Gasteiger partial charge >= 0.3 is 0 Å². The highest BCUT2D eigenvalue weighted by Gasteiger charge is 2.35. The second kappa shape index (κ2) is 14.6. The first-order chi connectivity index (χ1) is 31.0. The third-order valence-electron chi connectivity index (χ3n) is 13.1. The molecule has 0 saturated carbocycles. The summed E-state index contributed by atoms with van der Waals surface area (Å²) in [6, 6.07) is 76.3. The zero-order valence-corrected chi connectivity index (χ0v) is 35.0. The van der Waals surface area contributed by atoms with E-state index in [1.165, 1.54) is 71.3 Å². The smallest absolute Gasteiger partial charge is 0.164 e. The molecule has 296 valence electrons. The second-order valence-electron chi connectivity index (χ2n) is 17.2. The third-order valence-corrected chi connectivity index (χ3v) is 13.1. The normalized spacial score (nSPS) is 12.7. The number of nitrogens with zero attached hydrogens (tertiary/aromatic N) is 3. The molecule has 0 saturated heterocycles. The molecule has 0 aliphatic heterocycles. The minimum atomic E-state index is -0.0785. The topological polar surface area (TPSA) is 38.7 Å². The summed E-state index contributed by atoms with van der Waals surface area (Å²) in [5, 5.41) is 7.52. The summed E-state index contributed by atoms with van der Waals surface area (Å²) >= 11 is 0. The van der Waals surface area contributed by atoms with Gasteiger partial charge in [0.15, 0.2) is 17.5 Å². The maximum atomic E-state index is 5.12. The van der Waals surface area contributed by atoms with E-state index in [0.717, 1.165) is 33.4 Å². The Kier molecular flexibility index (Phi) is 8.52. The lowest BCUT2D eigenvalue weighted by atomic mass is 9.81. The van der Waals surface area contributed by atoms with Gasteiger partial charge in [0, 0.05) is 22.1 Å². The Bertz CT molecular complexity index is 3570. The molecule has 3 heteroatoms. The Hall–Kier alpha value is -8.01. The van der Waals surface area contributed by atoms with Crippen molar-refractivity contribution in [1.29, 1.82) is 0 Å². The Labute approximate surface area is 367 Å². The monoisotopic (exact) mass is 803 g/mol. The van der Waals surface area contributed by atoms with Crippen LogP contribution in [0.1, 0.15) is 25.0 Å². The number of benzene rings is 10. The molecule has 0 atom stereocenters. The zero-order valence-electron chi connectivity index (χ0n) is 35.0. The van der Waals surface area contributed by atoms with Crippen LogP contribution in [0.5, 0.6) is 0 Å². The molecule has 1 heterocycles. The van der Waals surface area contributed by atoms with E-state index in [1.54, 1.807) is 0 Å². The number of rotatable bonds is 6. The Morgan fingerprint density at radius 2 is 0.730 bits per heavy atom. The molecular formula is C60H41N3. The molecule has 0 spiro atoms. The van der Waals surface area contributed by atoms with E-state index in [0.29, 0.717) is 17.5 Å². The predicted molar refractivity (Wildman–Crippen MR) is 263 cm³/mol. The van der Waals surface area contributed by atoms with Crippen molar-refractivity contribution < 1.29 is 0 Å². The molecule has 11 aromatic rings. The lowest BCUT2D eigenvalue weighted by Gasteiger charge is -2.22. The van der Waals surface area contributed by atoms with Gasteiger partial charge in [-0.2, -0.15) is 0 Å². The minimum absolute atomic E-state index is 0.0785. The molecule has 12 rings (SSSR count). The van der Waals surface area contributed by atoms with Crippen LogP contribution in [0, 0.1) is 0 Å². The molecule has 0 fully saturated rings. The van der Waals surface area contributed by atoms with Crippen LogP contribution in [-0.4, -0.2) is 15.0 Å². The second-order valence-corrected chi connectivity index (χ2v) is 17.2. The Morgan fingerprint density at radius 1 is 0.270 bits per heavy atom. The van der Waals surface area contributed by atoms with Crippen molar-refractivity contribution in [3.63, 3.8) is 0 Å². The van der Waals surface area contributed by atoms with E-state index < -0.39 is 0 Å². The number of aromatic nitrogens is 3. The number of hydrogen-bond acceptors (Lipinski definition) is 3. The SMILES string of the molecule is CC1(C)c2ccccc2-c2ccc(-c3cccc4c5ccccc5c5cc(-c6cccc(-c7nc(-c8ccccc8)nc(-c8ccc(-c9ccccc9)cc8)n7)c6)ccc5c34)cc21.